The molecule has 0 bridgehead atoms. The van der Waals surface area contributed by atoms with Crippen molar-refractivity contribution in [1.29, 1.82) is 0 Å². The quantitative estimate of drug-likeness (QED) is 0.756. The molecule has 2 rings (SSSR count). The highest BCUT2D eigenvalue weighted by atomic mass is 16.4. The number of rotatable bonds is 5. The van der Waals surface area contributed by atoms with Gasteiger partial charge in [-0.05, 0) is 37.3 Å². The lowest BCUT2D eigenvalue weighted by atomic mass is 9.93. The zero-order chi connectivity index (χ0) is 13.7. The number of aromatic carboxylic acids is 1. The van der Waals surface area contributed by atoms with E-state index in [0.717, 1.165) is 18.4 Å². The van der Waals surface area contributed by atoms with Gasteiger partial charge >= 0.3 is 12.0 Å². The van der Waals surface area contributed by atoms with Crippen molar-refractivity contribution in [2.75, 3.05) is 6.54 Å². The summed E-state index contributed by atoms with van der Waals surface area (Å²) < 4.78 is 0. The summed E-state index contributed by atoms with van der Waals surface area (Å²) >= 11 is 0. The van der Waals surface area contributed by atoms with Gasteiger partial charge in [0.25, 0.3) is 0 Å². The molecule has 19 heavy (non-hydrogen) atoms. The van der Waals surface area contributed by atoms with E-state index in [2.05, 4.69) is 10.6 Å². The number of carbonyl (C=O) groups is 2. The van der Waals surface area contributed by atoms with Gasteiger partial charge in [-0.15, -0.1) is 0 Å². The van der Waals surface area contributed by atoms with E-state index in [1.807, 2.05) is 0 Å². The lowest BCUT2D eigenvalue weighted by Crippen LogP contribution is -2.45. The predicted octanol–water partition coefficient (Wildman–Crippen LogP) is 1.78. The van der Waals surface area contributed by atoms with E-state index in [1.165, 1.54) is 6.42 Å². The van der Waals surface area contributed by atoms with E-state index in [4.69, 9.17) is 5.11 Å². The van der Waals surface area contributed by atoms with Crippen molar-refractivity contribution in [2.45, 2.75) is 31.7 Å². The molecule has 0 aromatic heterocycles. The fourth-order valence-electron chi connectivity index (χ4n) is 2.05. The summed E-state index contributed by atoms with van der Waals surface area (Å²) in [6.07, 6.45) is 3.79. The molecule has 2 amide bonds. The number of amides is 2. The molecule has 0 spiro atoms. The molecule has 1 aromatic carbocycles. The molecule has 0 aliphatic heterocycles. The van der Waals surface area contributed by atoms with Gasteiger partial charge in [0, 0.05) is 12.6 Å². The van der Waals surface area contributed by atoms with Crippen LogP contribution in [0.25, 0.3) is 0 Å². The fraction of sp³-hybridized carbons (Fsp3) is 0.429. The average Bonchev–Trinajstić information content (AvgIpc) is 2.34. The van der Waals surface area contributed by atoms with Crippen LogP contribution < -0.4 is 10.6 Å². The molecule has 1 fully saturated rings. The summed E-state index contributed by atoms with van der Waals surface area (Å²) in [6.45, 7) is 0.433. The Bertz CT molecular complexity index is 470. The average molecular weight is 262 g/mol. The summed E-state index contributed by atoms with van der Waals surface area (Å²) in [6, 6.07) is 6.99. The van der Waals surface area contributed by atoms with E-state index >= 15 is 0 Å². The van der Waals surface area contributed by atoms with Gasteiger partial charge in [-0.2, -0.15) is 0 Å². The predicted molar refractivity (Wildman–Crippen MR) is 71.3 cm³/mol. The standard InChI is InChI=1S/C14H18N2O3/c17-13(18)12-7-2-1-4-10(12)8-9-15-14(19)16-11-5-3-6-11/h1-2,4,7,11H,3,5-6,8-9H2,(H,17,18)(H2,15,16,19). The molecule has 0 saturated heterocycles. The van der Waals surface area contributed by atoms with E-state index in [9.17, 15) is 9.59 Å². The van der Waals surface area contributed by atoms with E-state index in [1.54, 1.807) is 24.3 Å². The summed E-state index contributed by atoms with van der Waals surface area (Å²) in [7, 11) is 0. The largest absolute Gasteiger partial charge is 0.478 e. The summed E-state index contributed by atoms with van der Waals surface area (Å²) in [5.41, 5.74) is 1.03. The molecule has 0 radical (unpaired) electrons. The van der Waals surface area contributed by atoms with Crippen molar-refractivity contribution in [1.82, 2.24) is 10.6 Å². The molecule has 5 heteroatoms. The molecule has 5 nitrogen and oxygen atoms in total. The van der Waals surface area contributed by atoms with Crippen molar-refractivity contribution >= 4 is 12.0 Å². The number of hydrogen-bond acceptors (Lipinski definition) is 2. The lowest BCUT2D eigenvalue weighted by Gasteiger charge is -2.26. The van der Waals surface area contributed by atoms with E-state index < -0.39 is 5.97 Å². The van der Waals surface area contributed by atoms with Crippen molar-refractivity contribution in [3.63, 3.8) is 0 Å². The number of carboxylic acids is 1. The Morgan fingerprint density at radius 1 is 1.26 bits per heavy atom. The molecular weight excluding hydrogens is 244 g/mol. The van der Waals surface area contributed by atoms with Crippen molar-refractivity contribution in [2.24, 2.45) is 0 Å². The van der Waals surface area contributed by atoms with Crippen LogP contribution in [0, 0.1) is 0 Å². The highest BCUT2D eigenvalue weighted by molar-refractivity contribution is 5.89. The second kappa shape index (κ2) is 6.22. The molecule has 0 unspecified atom stereocenters. The fourth-order valence-corrected chi connectivity index (χ4v) is 2.05. The normalized spacial score (nSPS) is 14.5. The molecular formula is C14H18N2O3. The number of benzene rings is 1. The topological polar surface area (TPSA) is 78.4 Å². The van der Waals surface area contributed by atoms with Crippen LogP contribution in [0.4, 0.5) is 4.79 Å². The Morgan fingerprint density at radius 3 is 2.63 bits per heavy atom. The third-order valence-corrected chi connectivity index (χ3v) is 3.37. The summed E-state index contributed by atoms with van der Waals surface area (Å²) in [5, 5.41) is 14.7. The van der Waals surface area contributed by atoms with Crippen LogP contribution in [0.3, 0.4) is 0 Å². The summed E-state index contributed by atoms with van der Waals surface area (Å²) in [5.74, 6) is -0.936. The van der Waals surface area contributed by atoms with Gasteiger partial charge in [0.1, 0.15) is 0 Å². The Morgan fingerprint density at radius 2 is 2.00 bits per heavy atom. The minimum atomic E-state index is -0.936. The summed E-state index contributed by atoms with van der Waals surface area (Å²) in [4.78, 5) is 22.5. The first-order valence-electron chi connectivity index (χ1n) is 6.52. The lowest BCUT2D eigenvalue weighted by molar-refractivity contribution is 0.0695. The van der Waals surface area contributed by atoms with Crippen LogP contribution in [0.2, 0.25) is 0 Å². The van der Waals surface area contributed by atoms with E-state index in [-0.39, 0.29) is 6.03 Å². The highest BCUT2D eigenvalue weighted by Crippen LogP contribution is 2.17. The second-order valence-corrected chi connectivity index (χ2v) is 4.74. The van der Waals surface area contributed by atoms with Gasteiger partial charge in [-0.3, -0.25) is 0 Å². The van der Waals surface area contributed by atoms with Crippen molar-refractivity contribution < 1.29 is 14.7 Å². The zero-order valence-corrected chi connectivity index (χ0v) is 10.7. The maximum atomic E-state index is 11.5. The molecule has 1 aromatic rings. The molecule has 1 aliphatic rings. The minimum absolute atomic E-state index is 0.169. The van der Waals surface area contributed by atoms with Gasteiger partial charge in [0.15, 0.2) is 0 Å². The Labute approximate surface area is 112 Å². The van der Waals surface area contributed by atoms with Crippen molar-refractivity contribution in [3.05, 3.63) is 35.4 Å². The van der Waals surface area contributed by atoms with Crippen molar-refractivity contribution in [3.8, 4) is 0 Å². The maximum absolute atomic E-state index is 11.5. The van der Waals surface area contributed by atoms with Gasteiger partial charge in [0.05, 0.1) is 5.56 Å². The van der Waals surface area contributed by atoms with Crippen LogP contribution >= 0.6 is 0 Å². The highest BCUT2D eigenvalue weighted by Gasteiger charge is 2.19. The zero-order valence-electron chi connectivity index (χ0n) is 10.7. The minimum Gasteiger partial charge on any atom is -0.478 e. The first-order chi connectivity index (χ1) is 9.16. The molecule has 3 N–H and O–H groups in total. The Balaban J connectivity index is 1.78. The Hall–Kier alpha value is -2.04. The van der Waals surface area contributed by atoms with E-state index in [0.29, 0.717) is 24.6 Å². The smallest absolute Gasteiger partial charge is 0.335 e. The first kappa shape index (κ1) is 13.4. The SMILES string of the molecule is O=C(NCCc1ccccc1C(=O)O)NC1CCC1. The molecule has 102 valence electrons. The second-order valence-electron chi connectivity index (χ2n) is 4.74. The maximum Gasteiger partial charge on any atom is 0.335 e. The number of carboxylic acid groups (broad SMARTS) is 1. The molecule has 0 atom stereocenters. The molecule has 1 saturated carbocycles. The van der Waals surface area contributed by atoms with Gasteiger partial charge in [-0.25, -0.2) is 9.59 Å². The third-order valence-electron chi connectivity index (χ3n) is 3.37. The molecule has 1 aliphatic carbocycles. The Kier molecular flexibility index (Phi) is 4.39. The van der Waals surface area contributed by atoms with Crippen LogP contribution in [0.1, 0.15) is 35.2 Å². The van der Waals surface area contributed by atoms with Gasteiger partial charge in [0.2, 0.25) is 0 Å². The number of hydrogen-bond donors (Lipinski definition) is 3. The van der Waals surface area contributed by atoms with Crippen LogP contribution in [-0.2, 0) is 6.42 Å². The van der Waals surface area contributed by atoms with Gasteiger partial charge < -0.3 is 15.7 Å². The van der Waals surface area contributed by atoms with Crippen LogP contribution in [0.15, 0.2) is 24.3 Å². The number of carbonyl (C=O) groups excluding carboxylic acids is 1. The number of nitrogens with one attached hydrogen (secondary N) is 2. The third kappa shape index (κ3) is 3.71. The van der Waals surface area contributed by atoms with Crippen LogP contribution in [0.5, 0.6) is 0 Å². The first-order valence-corrected chi connectivity index (χ1v) is 6.52. The van der Waals surface area contributed by atoms with Crippen LogP contribution in [-0.4, -0.2) is 29.7 Å². The molecule has 0 heterocycles. The number of urea groups is 1. The van der Waals surface area contributed by atoms with Gasteiger partial charge in [-0.1, -0.05) is 18.2 Å². The monoisotopic (exact) mass is 262 g/mol.